The van der Waals surface area contributed by atoms with E-state index in [1.807, 2.05) is 0 Å². The molecule has 1 aromatic carbocycles. The Kier molecular flexibility index (Phi) is 9.47. The molecule has 3 amide bonds. The highest BCUT2D eigenvalue weighted by atomic mass is 32.1. The van der Waals surface area contributed by atoms with Crippen LogP contribution in [0.4, 0.5) is 13.2 Å². The number of amides is 3. The van der Waals surface area contributed by atoms with Crippen LogP contribution in [0.15, 0.2) is 48.7 Å². The van der Waals surface area contributed by atoms with Crippen LogP contribution in [-0.4, -0.2) is 86.5 Å². The van der Waals surface area contributed by atoms with Crippen LogP contribution in [0.5, 0.6) is 0 Å². The zero-order valence-corrected chi connectivity index (χ0v) is 26.9. The van der Waals surface area contributed by atoms with Gasteiger partial charge in [0.25, 0.3) is 12.3 Å². The second-order valence-corrected chi connectivity index (χ2v) is 15.1. The predicted octanol–water partition coefficient (Wildman–Crippen LogP) is 4.07. The zero-order chi connectivity index (χ0) is 33.5. The second kappa shape index (κ2) is 13.3. The van der Waals surface area contributed by atoms with Gasteiger partial charge in [0, 0.05) is 30.0 Å². The Labute approximate surface area is 272 Å². The molecule has 47 heavy (non-hydrogen) atoms. The van der Waals surface area contributed by atoms with Crippen molar-refractivity contribution in [2.45, 2.75) is 74.5 Å². The van der Waals surface area contributed by atoms with Crippen molar-refractivity contribution in [2.75, 3.05) is 19.6 Å². The van der Waals surface area contributed by atoms with E-state index in [4.69, 9.17) is 0 Å². The third-order valence-corrected chi connectivity index (χ3v) is 11.2. The van der Waals surface area contributed by atoms with Gasteiger partial charge in [-0.15, -0.1) is 11.3 Å². The normalized spacial score (nSPS) is 23.6. The second-order valence-electron chi connectivity index (χ2n) is 12.4. The van der Waals surface area contributed by atoms with Gasteiger partial charge in [-0.25, -0.2) is 13.2 Å². The Balaban J connectivity index is 1.16. The molecule has 3 aliphatic heterocycles. The highest BCUT2D eigenvalue weighted by molar-refractivity contribution is 7.51. The lowest BCUT2D eigenvalue weighted by atomic mass is 9.84. The first-order valence-corrected chi connectivity index (χ1v) is 18.0. The number of carbonyl (C=O) groups is 3. The van der Waals surface area contributed by atoms with Crippen molar-refractivity contribution in [3.63, 3.8) is 0 Å². The molecule has 0 saturated carbocycles. The first-order valence-electron chi connectivity index (χ1n) is 15.5. The fraction of sp³-hybridized carbons (Fsp3) is 0.484. The molecule has 11 nitrogen and oxygen atoms in total. The smallest absolute Gasteiger partial charge is 0.340 e. The molecule has 6 rings (SSSR count). The predicted molar refractivity (Wildman–Crippen MR) is 168 cm³/mol. The van der Waals surface area contributed by atoms with Gasteiger partial charge in [0.05, 0.1) is 22.7 Å². The minimum atomic E-state index is -5.01. The van der Waals surface area contributed by atoms with Crippen LogP contribution in [0, 0.1) is 0 Å². The summed E-state index contributed by atoms with van der Waals surface area (Å²) >= 11 is 1.10. The molecule has 3 aromatic rings. The maximum atomic E-state index is 14.3. The Bertz CT molecular complexity index is 1700. The van der Waals surface area contributed by atoms with E-state index in [0.717, 1.165) is 24.2 Å². The molecule has 2 aromatic heterocycles. The number of rotatable bonds is 9. The van der Waals surface area contributed by atoms with Crippen LogP contribution in [0.2, 0.25) is 0 Å². The van der Waals surface area contributed by atoms with Crippen molar-refractivity contribution >= 4 is 46.7 Å². The molecule has 0 spiro atoms. The van der Waals surface area contributed by atoms with Crippen molar-refractivity contribution in [1.82, 2.24) is 25.4 Å². The maximum absolute atomic E-state index is 14.3. The highest BCUT2D eigenvalue weighted by Crippen LogP contribution is 2.53. The van der Waals surface area contributed by atoms with Crippen molar-refractivity contribution < 1.29 is 41.9 Å². The van der Waals surface area contributed by atoms with Gasteiger partial charge < -0.3 is 24.9 Å². The first kappa shape index (κ1) is 33.5. The monoisotopic (exact) mass is 693 g/mol. The first-order chi connectivity index (χ1) is 22.4. The third-order valence-electron chi connectivity index (χ3n) is 9.24. The van der Waals surface area contributed by atoms with Gasteiger partial charge in [0.15, 0.2) is 0 Å². The largest absolute Gasteiger partial charge is 0.363 e. The number of halogens is 3. The molecule has 1 unspecified atom stereocenters. The van der Waals surface area contributed by atoms with Crippen LogP contribution >= 0.6 is 18.9 Å². The summed E-state index contributed by atoms with van der Waals surface area (Å²) in [4.78, 5) is 67.4. The molecule has 0 aliphatic carbocycles. The van der Waals surface area contributed by atoms with Crippen molar-refractivity contribution in [3.05, 3.63) is 64.8 Å². The number of hydrogen-bond acceptors (Lipinski definition) is 7. The Morgan fingerprint density at radius 2 is 1.83 bits per heavy atom. The van der Waals surface area contributed by atoms with Gasteiger partial charge in [-0.3, -0.25) is 29.2 Å². The molecule has 0 bridgehead atoms. The summed E-state index contributed by atoms with van der Waals surface area (Å²) in [6, 6.07) is 8.95. The number of hydrogen-bond donors (Lipinski definition) is 4. The zero-order valence-electron chi connectivity index (χ0n) is 25.2. The number of carbonyl (C=O) groups excluding carboxylic acids is 3. The molecule has 3 fully saturated rings. The maximum Gasteiger partial charge on any atom is 0.363 e. The summed E-state index contributed by atoms with van der Waals surface area (Å²) in [6.07, 6.45) is 2.69. The summed E-state index contributed by atoms with van der Waals surface area (Å²) in [5.74, 6) is -3.63. The van der Waals surface area contributed by atoms with Gasteiger partial charge in [0.2, 0.25) is 17.7 Å². The van der Waals surface area contributed by atoms with Crippen LogP contribution < -0.4 is 10.6 Å². The van der Waals surface area contributed by atoms with Gasteiger partial charge in [0.1, 0.15) is 12.1 Å². The fourth-order valence-electron chi connectivity index (χ4n) is 6.91. The van der Waals surface area contributed by atoms with E-state index in [1.54, 1.807) is 34.2 Å². The van der Waals surface area contributed by atoms with Crippen LogP contribution in [0.25, 0.3) is 10.1 Å². The number of nitrogens with one attached hydrogen (secondary N) is 2. The van der Waals surface area contributed by atoms with E-state index in [2.05, 4.69) is 15.6 Å². The minimum Gasteiger partial charge on any atom is -0.340 e. The molecular weight excluding hydrogens is 658 g/mol. The number of fused-ring (bicyclic) bond motifs is 2. The molecule has 5 heterocycles. The number of likely N-dealkylation sites (tertiary alicyclic amines) is 1. The van der Waals surface area contributed by atoms with Crippen LogP contribution in [0.3, 0.4) is 0 Å². The Hall–Kier alpha value is -3.36. The summed E-state index contributed by atoms with van der Waals surface area (Å²) in [5.41, 5.74) is -0.567. The molecule has 4 N–H and O–H groups in total. The average Bonchev–Trinajstić information content (AvgIpc) is 3.64. The van der Waals surface area contributed by atoms with E-state index in [0.29, 0.717) is 41.5 Å². The third kappa shape index (κ3) is 6.82. The SMILES string of the molecule is O=C(N[C@H]1CCCC[C@H]2CC[C@@H](C(=O)N3CC(NCC(F)F)(c4ccccn4)C3)N2C1=O)c1cc2cc(C(F)P(=O)(O)O)ccc2s1. The molecule has 252 valence electrons. The van der Waals surface area contributed by atoms with Crippen LogP contribution in [-0.2, 0) is 19.7 Å². The Morgan fingerprint density at radius 3 is 2.53 bits per heavy atom. The molecule has 16 heteroatoms. The van der Waals surface area contributed by atoms with E-state index in [-0.39, 0.29) is 41.4 Å². The lowest BCUT2D eigenvalue weighted by molar-refractivity contribution is -0.153. The molecule has 0 radical (unpaired) electrons. The minimum absolute atomic E-state index is 0.129. The number of nitrogens with zero attached hydrogens (tertiary/aromatic N) is 3. The topological polar surface area (TPSA) is 152 Å². The number of pyridine rings is 1. The van der Waals surface area contributed by atoms with Gasteiger partial charge in [-0.05, 0) is 67.0 Å². The van der Waals surface area contributed by atoms with Crippen molar-refractivity contribution in [2.24, 2.45) is 0 Å². The molecule has 4 atom stereocenters. The number of alkyl halides is 3. The number of benzene rings is 1. The van der Waals surface area contributed by atoms with E-state index < -0.39 is 50.0 Å². The molecule has 3 aliphatic rings. The van der Waals surface area contributed by atoms with E-state index >= 15 is 0 Å². The fourth-order valence-corrected chi connectivity index (χ4v) is 8.40. The lowest BCUT2D eigenvalue weighted by Crippen LogP contribution is -2.70. The molecule has 3 saturated heterocycles. The van der Waals surface area contributed by atoms with Gasteiger partial charge in [-0.2, -0.15) is 0 Å². The lowest BCUT2D eigenvalue weighted by Gasteiger charge is -2.51. The van der Waals surface area contributed by atoms with E-state index in [9.17, 15) is 41.9 Å². The van der Waals surface area contributed by atoms with Gasteiger partial charge >= 0.3 is 7.60 Å². The summed E-state index contributed by atoms with van der Waals surface area (Å²) < 4.78 is 52.5. The van der Waals surface area contributed by atoms with Gasteiger partial charge in [-0.1, -0.05) is 25.0 Å². The summed E-state index contributed by atoms with van der Waals surface area (Å²) in [6.45, 7) is -0.297. The molecular formula is C31H35F3N5O6PS. The highest BCUT2D eigenvalue weighted by Gasteiger charge is 2.52. The summed E-state index contributed by atoms with van der Waals surface area (Å²) in [7, 11) is -5.01. The van der Waals surface area contributed by atoms with Crippen molar-refractivity contribution in [1.29, 1.82) is 0 Å². The quantitative estimate of drug-likeness (QED) is 0.245. The average molecular weight is 694 g/mol. The standard InChI is InChI=1S/C31H35F3N5O6PS/c32-26(33)15-36-31(25-7-3-4-12-35-25)16-38(17-31)30(42)22-10-9-20-5-1-2-6-21(29(41)39(20)22)37-28(40)24-14-19-13-18(8-11-23(19)47-24)27(34)46(43,44)45/h3-4,7-8,11-14,20-22,26-27,36H,1-2,5-6,9-10,15-17H2,(H,37,40)(H2,43,44,45)/t20-,21-,22-,27?/m0/s1. The van der Waals surface area contributed by atoms with E-state index in [1.165, 1.54) is 24.3 Å². The Morgan fingerprint density at radius 1 is 1.06 bits per heavy atom. The number of thiophene rings is 1. The van der Waals surface area contributed by atoms with Crippen LogP contribution in [0.1, 0.15) is 65.4 Å². The van der Waals surface area contributed by atoms with Crippen molar-refractivity contribution in [3.8, 4) is 0 Å². The summed E-state index contributed by atoms with van der Waals surface area (Å²) in [5, 5.41) is 6.16. The number of aromatic nitrogens is 1.